The quantitative estimate of drug-likeness (QED) is 0.927. The molecular formula is C18H22N2O3S. The topological polar surface area (TPSA) is 68.2 Å². The smallest absolute Gasteiger partial charge is 0.253 e. The zero-order valence-electron chi connectivity index (χ0n) is 14.2. The van der Waals surface area contributed by atoms with Crippen LogP contribution in [0.2, 0.25) is 0 Å². The Bertz CT molecular complexity index is 880. The van der Waals surface area contributed by atoms with Crippen molar-refractivity contribution in [3.8, 4) is 5.69 Å². The average molecular weight is 346 g/mol. The van der Waals surface area contributed by atoms with Gasteiger partial charge in [0.1, 0.15) is 0 Å². The maximum Gasteiger partial charge on any atom is 0.253 e. The summed E-state index contributed by atoms with van der Waals surface area (Å²) < 4.78 is 25.1. The summed E-state index contributed by atoms with van der Waals surface area (Å²) >= 11 is 0. The first-order valence-corrected chi connectivity index (χ1v) is 9.86. The van der Waals surface area contributed by atoms with Gasteiger partial charge in [0.15, 0.2) is 9.84 Å². The minimum absolute atomic E-state index is 0.0371. The summed E-state index contributed by atoms with van der Waals surface area (Å²) in [6, 6.07) is 9.70. The number of benzene rings is 1. The van der Waals surface area contributed by atoms with Crippen molar-refractivity contribution in [1.82, 2.24) is 9.88 Å². The molecule has 0 saturated carbocycles. The van der Waals surface area contributed by atoms with Crippen molar-refractivity contribution in [3.63, 3.8) is 0 Å². The molecule has 3 rings (SSSR count). The van der Waals surface area contributed by atoms with E-state index in [0.29, 0.717) is 12.0 Å². The number of carbonyl (C=O) groups is 1. The fourth-order valence-corrected chi connectivity index (χ4v) is 4.93. The Morgan fingerprint density at radius 2 is 1.83 bits per heavy atom. The minimum Gasteiger partial charge on any atom is -0.348 e. The number of nitrogens with one attached hydrogen (secondary N) is 1. The molecule has 1 saturated heterocycles. The normalized spacial score (nSPS) is 19.4. The highest BCUT2D eigenvalue weighted by molar-refractivity contribution is 7.91. The lowest BCUT2D eigenvalue weighted by Crippen LogP contribution is -2.35. The number of hydrogen-bond donors (Lipinski definition) is 1. The summed E-state index contributed by atoms with van der Waals surface area (Å²) in [6.07, 6.45) is 0.491. The van der Waals surface area contributed by atoms with Crippen LogP contribution in [0.15, 0.2) is 30.3 Å². The van der Waals surface area contributed by atoms with E-state index >= 15 is 0 Å². The Balaban J connectivity index is 1.86. The predicted molar refractivity (Wildman–Crippen MR) is 94.5 cm³/mol. The van der Waals surface area contributed by atoms with Crippen LogP contribution in [0.3, 0.4) is 0 Å². The lowest BCUT2D eigenvalue weighted by molar-refractivity contribution is 0.0940. The number of hydrogen-bond acceptors (Lipinski definition) is 3. The highest BCUT2D eigenvalue weighted by atomic mass is 32.2. The number of rotatable bonds is 3. The van der Waals surface area contributed by atoms with Crippen LogP contribution in [-0.2, 0) is 9.84 Å². The molecule has 0 aliphatic carbocycles. The lowest BCUT2D eigenvalue weighted by atomic mass is 10.2. The molecule has 128 valence electrons. The van der Waals surface area contributed by atoms with E-state index in [1.165, 1.54) is 5.56 Å². The Morgan fingerprint density at radius 3 is 2.42 bits per heavy atom. The van der Waals surface area contributed by atoms with Gasteiger partial charge in [-0.3, -0.25) is 4.79 Å². The molecule has 2 aromatic rings. The molecule has 1 atom stereocenters. The van der Waals surface area contributed by atoms with Gasteiger partial charge in [-0.25, -0.2) is 8.42 Å². The second kappa shape index (κ2) is 6.09. The molecule has 1 aliphatic rings. The van der Waals surface area contributed by atoms with Crippen molar-refractivity contribution in [2.75, 3.05) is 11.5 Å². The first kappa shape index (κ1) is 16.8. The zero-order valence-corrected chi connectivity index (χ0v) is 15.0. The van der Waals surface area contributed by atoms with Gasteiger partial charge >= 0.3 is 0 Å². The monoisotopic (exact) mass is 346 g/mol. The van der Waals surface area contributed by atoms with Gasteiger partial charge in [-0.05, 0) is 45.4 Å². The van der Waals surface area contributed by atoms with Crippen LogP contribution in [0, 0.1) is 20.8 Å². The molecule has 0 spiro atoms. The van der Waals surface area contributed by atoms with Gasteiger partial charge in [-0.1, -0.05) is 17.7 Å². The molecule has 0 unspecified atom stereocenters. The van der Waals surface area contributed by atoms with E-state index in [4.69, 9.17) is 0 Å². The molecule has 0 bridgehead atoms. The summed E-state index contributed by atoms with van der Waals surface area (Å²) in [6.45, 7) is 5.91. The average Bonchev–Trinajstić information content (AvgIpc) is 2.99. The molecule has 0 radical (unpaired) electrons. The summed E-state index contributed by atoms with van der Waals surface area (Å²) in [7, 11) is -3.00. The number of nitrogens with zero attached hydrogens (tertiary/aromatic N) is 1. The van der Waals surface area contributed by atoms with Gasteiger partial charge in [-0.2, -0.15) is 0 Å². The number of carbonyl (C=O) groups excluding carboxylic acids is 1. The molecule has 1 amide bonds. The van der Waals surface area contributed by atoms with Crippen LogP contribution in [0.5, 0.6) is 0 Å². The summed E-state index contributed by atoms with van der Waals surface area (Å²) in [4.78, 5) is 12.6. The Hall–Kier alpha value is -2.08. The van der Waals surface area contributed by atoms with E-state index in [9.17, 15) is 13.2 Å². The van der Waals surface area contributed by atoms with E-state index in [-0.39, 0.29) is 23.5 Å². The molecule has 1 aliphatic heterocycles. The Labute approximate surface area is 142 Å². The van der Waals surface area contributed by atoms with Crippen molar-refractivity contribution >= 4 is 15.7 Å². The summed E-state index contributed by atoms with van der Waals surface area (Å²) in [5.41, 5.74) is 4.62. The number of sulfone groups is 1. The van der Waals surface area contributed by atoms with Crippen LogP contribution < -0.4 is 5.32 Å². The van der Waals surface area contributed by atoms with E-state index < -0.39 is 9.84 Å². The predicted octanol–water partition coefficient (Wildman–Crippen LogP) is 2.32. The third-order valence-electron chi connectivity index (χ3n) is 4.54. The number of aromatic nitrogens is 1. The van der Waals surface area contributed by atoms with Crippen molar-refractivity contribution in [2.45, 2.75) is 33.2 Å². The number of amides is 1. The van der Waals surface area contributed by atoms with Crippen LogP contribution in [0.1, 0.15) is 33.7 Å². The van der Waals surface area contributed by atoms with Gasteiger partial charge in [0, 0.05) is 23.1 Å². The molecule has 1 N–H and O–H groups in total. The third-order valence-corrected chi connectivity index (χ3v) is 6.30. The SMILES string of the molecule is Cc1ccc(-n2c(C)cc(C(=O)N[C@@H]3CCS(=O)(=O)C3)c2C)cc1. The van der Waals surface area contributed by atoms with Crippen molar-refractivity contribution < 1.29 is 13.2 Å². The highest BCUT2D eigenvalue weighted by Crippen LogP contribution is 2.22. The molecule has 24 heavy (non-hydrogen) atoms. The first-order valence-electron chi connectivity index (χ1n) is 8.04. The van der Waals surface area contributed by atoms with Crippen LogP contribution in [0.25, 0.3) is 5.69 Å². The second-order valence-electron chi connectivity index (χ2n) is 6.53. The van der Waals surface area contributed by atoms with E-state index in [0.717, 1.165) is 17.1 Å². The maximum atomic E-state index is 12.6. The number of aryl methyl sites for hydroxylation is 2. The van der Waals surface area contributed by atoms with E-state index in [1.54, 1.807) is 0 Å². The first-order chi connectivity index (χ1) is 11.3. The van der Waals surface area contributed by atoms with Gasteiger partial charge in [0.05, 0.1) is 17.1 Å². The fourth-order valence-electron chi connectivity index (χ4n) is 3.26. The molecule has 5 nitrogen and oxygen atoms in total. The molecule has 6 heteroatoms. The maximum absolute atomic E-state index is 12.6. The van der Waals surface area contributed by atoms with Crippen LogP contribution in [0.4, 0.5) is 0 Å². The third kappa shape index (κ3) is 3.24. The molecule has 1 aromatic heterocycles. The summed E-state index contributed by atoms with van der Waals surface area (Å²) in [5.74, 6) is -0.0148. The highest BCUT2D eigenvalue weighted by Gasteiger charge is 2.30. The largest absolute Gasteiger partial charge is 0.348 e. The van der Waals surface area contributed by atoms with Crippen LogP contribution in [-0.4, -0.2) is 36.4 Å². The van der Waals surface area contributed by atoms with E-state index in [2.05, 4.69) is 5.32 Å². The van der Waals surface area contributed by atoms with Crippen LogP contribution >= 0.6 is 0 Å². The van der Waals surface area contributed by atoms with Crippen molar-refractivity contribution in [1.29, 1.82) is 0 Å². The molecule has 2 heterocycles. The van der Waals surface area contributed by atoms with Crippen molar-refractivity contribution in [3.05, 3.63) is 52.8 Å². The van der Waals surface area contributed by atoms with Gasteiger partial charge in [-0.15, -0.1) is 0 Å². The summed E-state index contributed by atoms with van der Waals surface area (Å²) in [5, 5.41) is 2.86. The van der Waals surface area contributed by atoms with Gasteiger partial charge in [0.25, 0.3) is 5.91 Å². The molecular weight excluding hydrogens is 324 g/mol. The lowest BCUT2D eigenvalue weighted by Gasteiger charge is -2.12. The second-order valence-corrected chi connectivity index (χ2v) is 8.76. The standard InChI is InChI=1S/C18H22N2O3S/c1-12-4-6-16(7-5-12)20-13(2)10-17(14(20)3)18(21)19-15-8-9-24(22,23)11-15/h4-7,10,15H,8-9,11H2,1-3H3,(H,19,21)/t15-/m1/s1. The molecule has 1 fully saturated rings. The fraction of sp³-hybridized carbons (Fsp3) is 0.389. The van der Waals surface area contributed by atoms with Gasteiger partial charge in [0.2, 0.25) is 0 Å². The van der Waals surface area contributed by atoms with Crippen molar-refractivity contribution in [2.24, 2.45) is 0 Å². The Morgan fingerprint density at radius 1 is 1.17 bits per heavy atom. The van der Waals surface area contributed by atoms with E-state index in [1.807, 2.05) is 55.7 Å². The van der Waals surface area contributed by atoms with Gasteiger partial charge < -0.3 is 9.88 Å². The minimum atomic E-state index is -3.00. The zero-order chi connectivity index (χ0) is 17.5. The molecule has 1 aromatic carbocycles. The Kier molecular flexibility index (Phi) is 4.25.